The molecule has 9 aliphatic rings. The third-order valence-corrected chi connectivity index (χ3v) is 24.9. The van der Waals surface area contributed by atoms with Crippen molar-refractivity contribution in [2.45, 2.75) is 198 Å². The lowest BCUT2D eigenvalue weighted by Crippen LogP contribution is -2.81. The van der Waals surface area contributed by atoms with Crippen LogP contribution in [-0.2, 0) is 90.4 Å². The Morgan fingerprint density at radius 1 is 0.790 bits per heavy atom. The molecule has 13 rings (SSSR count). The lowest BCUT2D eigenvalue weighted by molar-refractivity contribution is -0.228. The van der Waals surface area contributed by atoms with Crippen LogP contribution in [0.2, 0.25) is 0 Å². The monoisotopic (exact) mass is 1370 g/mol. The van der Waals surface area contributed by atoms with Gasteiger partial charge in [0.25, 0.3) is 0 Å². The number of aromatic nitrogens is 1. The van der Waals surface area contributed by atoms with Gasteiger partial charge in [0, 0.05) is 117 Å². The fourth-order valence-corrected chi connectivity index (χ4v) is 20.9. The number of anilines is 1. The number of H-pyrrole nitrogens is 1. The number of nitrogens with one attached hydrogen (secondary N) is 1. The van der Waals surface area contributed by atoms with E-state index in [1.807, 2.05) is 94.4 Å². The van der Waals surface area contributed by atoms with Crippen LogP contribution in [0.25, 0.3) is 10.9 Å². The molecule has 21 nitrogen and oxygen atoms in total. The molecule has 21 heteroatoms. The van der Waals surface area contributed by atoms with Crippen molar-refractivity contribution in [1.29, 1.82) is 0 Å². The van der Waals surface area contributed by atoms with Crippen molar-refractivity contribution >= 4 is 64.6 Å². The first-order chi connectivity index (χ1) is 47.5. The summed E-state index contributed by atoms with van der Waals surface area (Å²) in [7, 11) is 4.09. The summed E-state index contributed by atoms with van der Waals surface area (Å²) in [5.74, 6) is -4.02. The molecule has 5 unspecified atom stereocenters. The van der Waals surface area contributed by atoms with E-state index in [0.29, 0.717) is 136 Å². The number of Topliss-reactive ketones (excluding diaryl/α,β-unsaturated/α-hetero) is 1. The number of para-hydroxylation sites is 1. The molecule has 100 heavy (non-hydrogen) atoms. The summed E-state index contributed by atoms with van der Waals surface area (Å²) in [5, 5.41) is 26.3. The molecule has 3 N–H and O–H groups in total. The molecule has 3 aromatic carbocycles. The third-order valence-electron chi connectivity index (χ3n) is 24.9. The van der Waals surface area contributed by atoms with Gasteiger partial charge in [-0.3, -0.25) is 43.4 Å². The number of ether oxygens (including phenoxy) is 7. The van der Waals surface area contributed by atoms with Crippen LogP contribution < -0.4 is 9.64 Å². The molecule has 6 heterocycles. The summed E-state index contributed by atoms with van der Waals surface area (Å²) >= 11 is 0. The van der Waals surface area contributed by atoms with Crippen LogP contribution in [0.1, 0.15) is 154 Å². The number of aryl methyl sites for hydroxylation is 1. The number of aromatic amines is 1. The number of carbonyl (C=O) groups excluding carboxylic acids is 8. The number of allylic oxidation sites excluding steroid dienone is 1. The highest BCUT2D eigenvalue weighted by molar-refractivity contribution is 5.98. The maximum absolute atomic E-state index is 15.3. The van der Waals surface area contributed by atoms with Gasteiger partial charge in [0.2, 0.25) is 12.0 Å². The van der Waals surface area contributed by atoms with Crippen LogP contribution in [0.4, 0.5) is 5.69 Å². The van der Waals surface area contributed by atoms with Crippen LogP contribution in [0, 0.1) is 34.0 Å². The summed E-state index contributed by atoms with van der Waals surface area (Å²) in [6.45, 7) is 23.3. The Morgan fingerprint density at radius 3 is 2.15 bits per heavy atom. The van der Waals surface area contributed by atoms with Crippen molar-refractivity contribution in [1.82, 2.24) is 14.8 Å². The maximum atomic E-state index is 15.3. The van der Waals surface area contributed by atoms with E-state index < -0.39 is 111 Å². The number of nitrogens with zero attached hydrogens (tertiary/aromatic N) is 3. The average molecular weight is 1380 g/mol. The van der Waals surface area contributed by atoms with E-state index in [2.05, 4.69) is 34.4 Å². The number of rotatable bonds is 14. The van der Waals surface area contributed by atoms with Gasteiger partial charge >= 0.3 is 35.8 Å². The van der Waals surface area contributed by atoms with Crippen LogP contribution in [-0.4, -0.2) is 175 Å². The Hall–Kier alpha value is -7.98. The molecule has 1 aromatic heterocycles. The van der Waals surface area contributed by atoms with E-state index in [0.717, 1.165) is 27.6 Å². The zero-order chi connectivity index (χ0) is 72.0. The second kappa shape index (κ2) is 26.8. The number of benzene rings is 3. The van der Waals surface area contributed by atoms with Gasteiger partial charge in [-0.15, -0.1) is 0 Å². The van der Waals surface area contributed by atoms with Gasteiger partial charge in [-0.25, -0.2) is 4.79 Å². The number of aliphatic hydroxyl groups is 2. The Labute approximate surface area is 585 Å². The molecule has 5 aliphatic heterocycles. The number of hydrogen-bond acceptors (Lipinski definition) is 19. The number of fused-ring (bicyclic) bond motifs is 9. The molecule has 1 spiro atoms. The first kappa shape index (κ1) is 71.8. The van der Waals surface area contributed by atoms with E-state index in [-0.39, 0.29) is 42.9 Å². The van der Waals surface area contributed by atoms with E-state index in [1.54, 1.807) is 13.0 Å². The number of methoxy groups -OCH3 is 3. The fraction of sp³-hybridized carbons (Fsp3) is 0.570. The number of esters is 6. The molecule has 536 valence electrons. The van der Waals surface area contributed by atoms with Crippen molar-refractivity contribution < 1.29 is 81.7 Å². The summed E-state index contributed by atoms with van der Waals surface area (Å²) in [6, 6.07) is 19.8. The minimum atomic E-state index is -2.53. The van der Waals surface area contributed by atoms with Crippen LogP contribution in [0.5, 0.6) is 5.75 Å². The number of carbonyl (C=O) groups is 8. The molecule has 1 amide bonds. The van der Waals surface area contributed by atoms with Gasteiger partial charge in [0.15, 0.2) is 11.9 Å². The number of ketones is 1. The van der Waals surface area contributed by atoms with Crippen LogP contribution in [0.15, 0.2) is 102 Å². The van der Waals surface area contributed by atoms with Gasteiger partial charge < -0.3 is 53.3 Å². The van der Waals surface area contributed by atoms with Crippen molar-refractivity contribution in [3.05, 3.63) is 130 Å². The average Bonchev–Trinajstić information content (AvgIpc) is 1.46. The van der Waals surface area contributed by atoms with Gasteiger partial charge in [0.05, 0.1) is 38.7 Å². The zero-order valence-corrected chi connectivity index (χ0v) is 59.9. The van der Waals surface area contributed by atoms with Crippen molar-refractivity contribution in [3.63, 3.8) is 0 Å². The van der Waals surface area contributed by atoms with Gasteiger partial charge in [0.1, 0.15) is 29.5 Å². The molecule has 5 fully saturated rings. The molecule has 4 aliphatic carbocycles. The predicted octanol–water partition coefficient (Wildman–Crippen LogP) is 9.22. The van der Waals surface area contributed by atoms with Crippen molar-refractivity contribution in [3.8, 4) is 5.75 Å². The summed E-state index contributed by atoms with van der Waals surface area (Å²) in [5.41, 5.74) is -1.06. The molecule has 4 aromatic rings. The Balaban J connectivity index is 0.000000206. The molecule has 3 saturated carbocycles. The number of piperidine rings is 1. The minimum absolute atomic E-state index is 0.0393. The van der Waals surface area contributed by atoms with Crippen LogP contribution in [0.3, 0.4) is 0 Å². The maximum Gasteiger partial charge on any atom is 0.344 e. The van der Waals surface area contributed by atoms with E-state index in [9.17, 15) is 43.8 Å². The number of amides is 1. The van der Waals surface area contributed by atoms with Gasteiger partial charge in [-0.05, 0) is 140 Å². The quantitative estimate of drug-likeness (QED) is 0.0459. The topological polar surface area (TPSA) is 267 Å². The lowest BCUT2D eigenvalue weighted by atomic mass is 9.47. The summed E-state index contributed by atoms with van der Waals surface area (Å²) in [4.78, 5) is 117. The molecule has 2 saturated heterocycles. The molecular weight excluding hydrogens is 1280 g/mol. The molecule has 16 atom stereocenters. The lowest BCUT2D eigenvalue weighted by Gasteiger charge is -2.63. The van der Waals surface area contributed by atoms with E-state index >= 15 is 4.79 Å². The molecule has 4 bridgehead atoms. The molecule has 0 radical (unpaired) electrons. The predicted molar refractivity (Wildman–Crippen MR) is 371 cm³/mol. The van der Waals surface area contributed by atoms with E-state index in [1.165, 1.54) is 47.0 Å². The largest absolute Gasteiger partial charge is 0.496 e. The SMILES string of the molecule is C=C1[C@@H](OC(=O)CCc2ccccc2)CC[C@@]2(C)C[C@H](OC(C)=O)C3=C(C)C(=O)C[C@@H]([C@@H](OC(C)=O)[C@H]12)C3(C)C.CC[C@]1(O)CC2CN(CCc3c([nH]c4ccccc34)[C@@](C(=O)OC)(c3cc4c(cc3OC)N(C=O)C3C45CCN4CC=C[C@@](CC)(C(OC(C)=O)[C@]3(O)C(=O)OC)[C@H]45)C2)C1. The fourth-order valence-electron chi connectivity index (χ4n) is 20.9. The number of hydrogen-bond donors (Lipinski definition) is 3. The Bertz CT molecular complexity index is 4030. The summed E-state index contributed by atoms with van der Waals surface area (Å²) < 4.78 is 41.7. The van der Waals surface area contributed by atoms with E-state index in [4.69, 9.17) is 33.2 Å². The third kappa shape index (κ3) is 11.4. The minimum Gasteiger partial charge on any atom is -0.496 e. The zero-order valence-electron chi connectivity index (χ0n) is 59.9. The van der Waals surface area contributed by atoms with Crippen molar-refractivity contribution in [2.75, 3.05) is 59.0 Å². The normalized spacial score (nSPS) is 34.4. The van der Waals surface area contributed by atoms with Gasteiger partial charge in [-0.1, -0.05) is 102 Å². The first-order valence-electron chi connectivity index (χ1n) is 35.5. The van der Waals surface area contributed by atoms with Gasteiger partial charge in [-0.2, -0.15) is 0 Å². The second-order valence-electron chi connectivity index (χ2n) is 30.7. The van der Waals surface area contributed by atoms with Crippen LogP contribution >= 0.6 is 0 Å². The second-order valence-corrected chi connectivity index (χ2v) is 30.7. The highest BCUT2D eigenvalue weighted by Crippen LogP contribution is 2.69. The standard InChI is InChI=1S/C46H56N4O10.C33H42O7/c1-7-42(55)22-28-23-45(40(53)58-5,36-30(14-18-48(24-28)25-42)29-12-9-10-13-33(29)47-36)32-20-31-34(21-35(32)57-4)50(26-51)38-44(31)16-19-49-17-11-15-43(8-2,37(44)49)39(60-27(3)52)46(38,56)41(54)59-6;1-19-25(36)17-24-31(39-22(4)35)30-20(2)26(40-28(37)14-13-23-11-9-8-10-12-23)15-16-33(30,7)18-27(38-21(3)34)29(19)32(24,5)6/h9-13,15,20-21,26,28,37-39,47,55-56H,7-8,14,16-19,22-25H2,1-6H3;8-12,24,26-27,30-31H,2,13-18H2,1,3-7H3/t28?,37-,38?,39?,42-,43+,44?,45-,46-;24-,26-,27-,30-,31+,33-/m00/s1. The highest BCUT2D eigenvalue weighted by Gasteiger charge is 2.81. The highest BCUT2D eigenvalue weighted by atomic mass is 16.6. The Morgan fingerprint density at radius 2 is 1.49 bits per heavy atom. The Kier molecular flexibility index (Phi) is 19.2. The molecular formula is C79H98N4O17. The van der Waals surface area contributed by atoms with Crippen molar-refractivity contribution in [2.24, 2.45) is 34.0 Å². The first-order valence-corrected chi connectivity index (χ1v) is 35.5. The smallest absolute Gasteiger partial charge is 0.344 e. The summed E-state index contributed by atoms with van der Waals surface area (Å²) in [6.07, 6.45) is 6.73.